The molecule has 0 amide bonds. The fourth-order valence-corrected chi connectivity index (χ4v) is 2.37. The summed E-state index contributed by atoms with van der Waals surface area (Å²) in [6.45, 7) is 2.94. The van der Waals surface area contributed by atoms with E-state index in [1.54, 1.807) is 0 Å². The summed E-state index contributed by atoms with van der Waals surface area (Å²) in [6, 6.07) is 0. The number of nitrogens with one attached hydrogen (secondary N) is 1. The minimum absolute atomic E-state index is 0.816. The van der Waals surface area contributed by atoms with E-state index in [2.05, 4.69) is 41.7 Å². The van der Waals surface area contributed by atoms with Crippen LogP contribution in [-0.4, -0.2) is 11.6 Å². The molecule has 0 fully saturated rings. The van der Waals surface area contributed by atoms with Gasteiger partial charge in [-0.1, -0.05) is 109 Å². The first-order valence-corrected chi connectivity index (χ1v) is 9.54. The van der Waals surface area contributed by atoms with E-state index in [1.807, 2.05) is 109 Å². The Hall–Kier alpha value is -3.52. The number of hydrogen-bond donors (Lipinski definition) is 1. The van der Waals surface area contributed by atoms with Crippen molar-refractivity contribution in [3.8, 4) is 0 Å². The summed E-state index contributed by atoms with van der Waals surface area (Å²) in [6.07, 6.45) is 44.7. The summed E-state index contributed by atoms with van der Waals surface area (Å²) >= 11 is 0. The van der Waals surface area contributed by atoms with Crippen molar-refractivity contribution in [1.29, 1.82) is 0 Å². The Bertz CT molecular complexity index is 832. The van der Waals surface area contributed by atoms with Crippen LogP contribution in [0.4, 0.5) is 0 Å². The second-order valence-electron chi connectivity index (χ2n) is 5.87. The van der Waals surface area contributed by atoms with Crippen LogP contribution in [0, 0.1) is 0 Å². The Balaban J connectivity index is 2.23. The molecule has 2 rings (SSSR count). The van der Waals surface area contributed by atoms with Crippen LogP contribution in [0.5, 0.6) is 0 Å². The molecule has 0 aromatic rings. The van der Waals surface area contributed by atoms with Gasteiger partial charge >= 0.3 is 0 Å². The summed E-state index contributed by atoms with van der Waals surface area (Å²) in [4.78, 5) is 0. The standard InChI is InChI=1S/C26H28N2/c1-2-28(26-23-19-15-11-7-4-8-12-16-20-24-26)27-25-21-17-13-9-5-3-6-10-14-18-22-25/h3-24,27H,2H2,1H3/b5-3-,6-3?,7-4-,8-4?,9-5?,10-6-,11-7?,12-8-,13-9-,14-10?,15-11-,16-12?,17-13?,18-14-,19-15?,20-16-,21-17-,22-18?,23-19-,24-20?,25-21?,25-22+,26-23?,26-24+. The number of allylic oxidation sites excluding steroid dienone is 22. The third-order valence-electron chi connectivity index (χ3n) is 3.76. The lowest BCUT2D eigenvalue weighted by Gasteiger charge is -2.26. The van der Waals surface area contributed by atoms with Crippen LogP contribution in [0.2, 0.25) is 0 Å². The van der Waals surface area contributed by atoms with Gasteiger partial charge in [-0.15, -0.1) is 0 Å². The molecule has 2 aliphatic carbocycles. The highest BCUT2D eigenvalue weighted by Gasteiger charge is 2.04. The number of nitrogens with zero attached hydrogens (tertiary/aromatic N) is 1. The van der Waals surface area contributed by atoms with Gasteiger partial charge in [-0.25, -0.2) is 0 Å². The quantitative estimate of drug-likeness (QED) is 0.597. The van der Waals surface area contributed by atoms with Crippen LogP contribution in [-0.2, 0) is 0 Å². The Kier molecular flexibility index (Phi) is 10.1. The molecule has 1 N–H and O–H groups in total. The lowest BCUT2D eigenvalue weighted by atomic mass is 10.2. The van der Waals surface area contributed by atoms with Crippen molar-refractivity contribution in [1.82, 2.24) is 10.4 Å². The van der Waals surface area contributed by atoms with E-state index in [-0.39, 0.29) is 0 Å². The molecule has 0 saturated carbocycles. The molecule has 2 aliphatic rings. The Labute approximate surface area is 169 Å². The highest BCUT2D eigenvalue weighted by Crippen LogP contribution is 2.08. The summed E-state index contributed by atoms with van der Waals surface area (Å²) < 4.78 is 0. The Morgan fingerprint density at radius 2 is 0.964 bits per heavy atom. The van der Waals surface area contributed by atoms with Gasteiger partial charge in [-0.2, -0.15) is 0 Å². The molecule has 0 bridgehead atoms. The lowest BCUT2D eigenvalue weighted by Crippen LogP contribution is -2.35. The Morgan fingerprint density at radius 1 is 0.536 bits per heavy atom. The van der Waals surface area contributed by atoms with Crippen LogP contribution in [0.25, 0.3) is 0 Å². The SMILES string of the molecule is CCN(NC1=C/C=C\C=C/C=C\C=C/C=C\1)C1=C/C=C\C=C/C=C\C=C/C=C\1. The summed E-state index contributed by atoms with van der Waals surface area (Å²) in [7, 11) is 0. The maximum Gasteiger partial charge on any atom is 0.0571 e. The van der Waals surface area contributed by atoms with Gasteiger partial charge in [0.05, 0.1) is 11.4 Å². The number of hydrazine groups is 1. The fraction of sp³-hybridized carbons (Fsp3) is 0.0769. The van der Waals surface area contributed by atoms with E-state index in [1.165, 1.54) is 0 Å². The van der Waals surface area contributed by atoms with E-state index in [9.17, 15) is 0 Å². The van der Waals surface area contributed by atoms with E-state index in [0.29, 0.717) is 0 Å². The van der Waals surface area contributed by atoms with Crippen LogP contribution < -0.4 is 5.43 Å². The molecule has 142 valence electrons. The van der Waals surface area contributed by atoms with E-state index in [0.717, 1.165) is 17.9 Å². The van der Waals surface area contributed by atoms with Gasteiger partial charge in [0, 0.05) is 6.54 Å². The third kappa shape index (κ3) is 8.72. The van der Waals surface area contributed by atoms with Crippen molar-refractivity contribution in [3.63, 3.8) is 0 Å². The lowest BCUT2D eigenvalue weighted by molar-refractivity contribution is 0.303. The summed E-state index contributed by atoms with van der Waals surface area (Å²) in [5.41, 5.74) is 5.59. The van der Waals surface area contributed by atoms with Crippen LogP contribution in [0.15, 0.2) is 145 Å². The van der Waals surface area contributed by atoms with Crippen LogP contribution in [0.1, 0.15) is 6.92 Å². The first kappa shape index (κ1) is 20.8. The molecule has 2 nitrogen and oxygen atoms in total. The largest absolute Gasteiger partial charge is 0.298 e. The molecule has 0 aliphatic heterocycles. The van der Waals surface area contributed by atoms with Gasteiger partial charge in [-0.05, 0) is 31.2 Å². The van der Waals surface area contributed by atoms with Crippen LogP contribution >= 0.6 is 0 Å². The predicted molar refractivity (Wildman–Crippen MR) is 123 cm³/mol. The monoisotopic (exact) mass is 368 g/mol. The van der Waals surface area contributed by atoms with Gasteiger partial charge in [0.15, 0.2) is 0 Å². The molecule has 28 heavy (non-hydrogen) atoms. The molecular formula is C26H28N2. The molecule has 2 heteroatoms. The average molecular weight is 369 g/mol. The van der Waals surface area contributed by atoms with E-state index < -0.39 is 0 Å². The highest BCUT2D eigenvalue weighted by molar-refractivity contribution is 5.32. The molecule has 0 spiro atoms. The molecule has 0 radical (unpaired) electrons. The van der Waals surface area contributed by atoms with Crippen molar-refractivity contribution in [2.45, 2.75) is 6.92 Å². The van der Waals surface area contributed by atoms with Crippen LogP contribution in [0.3, 0.4) is 0 Å². The molecule has 0 heterocycles. The maximum absolute atomic E-state index is 3.51. The first-order valence-electron chi connectivity index (χ1n) is 9.54. The first-order chi connectivity index (χ1) is 13.9. The zero-order chi connectivity index (χ0) is 19.7. The molecule has 0 aromatic heterocycles. The zero-order valence-electron chi connectivity index (χ0n) is 16.4. The smallest absolute Gasteiger partial charge is 0.0571 e. The summed E-state index contributed by atoms with van der Waals surface area (Å²) in [5, 5.41) is 2.12. The number of hydrogen-bond acceptors (Lipinski definition) is 2. The van der Waals surface area contributed by atoms with Gasteiger partial charge in [-0.3, -0.25) is 10.4 Å². The van der Waals surface area contributed by atoms with Crippen molar-refractivity contribution in [2.75, 3.05) is 6.54 Å². The van der Waals surface area contributed by atoms with Crippen molar-refractivity contribution >= 4 is 0 Å². The normalized spacial score (nSPS) is 31.8. The third-order valence-corrected chi connectivity index (χ3v) is 3.76. The Morgan fingerprint density at radius 3 is 1.50 bits per heavy atom. The molecule has 0 saturated heterocycles. The van der Waals surface area contributed by atoms with E-state index >= 15 is 0 Å². The van der Waals surface area contributed by atoms with Crippen molar-refractivity contribution in [3.05, 3.63) is 145 Å². The van der Waals surface area contributed by atoms with Gasteiger partial charge < -0.3 is 0 Å². The summed E-state index contributed by atoms with van der Waals surface area (Å²) in [5.74, 6) is 0. The second-order valence-corrected chi connectivity index (χ2v) is 5.87. The minimum Gasteiger partial charge on any atom is -0.298 e. The maximum atomic E-state index is 3.51. The number of likely N-dealkylation sites (N-methyl/N-ethyl adjacent to an activating group) is 1. The van der Waals surface area contributed by atoms with E-state index in [4.69, 9.17) is 0 Å². The van der Waals surface area contributed by atoms with Crippen molar-refractivity contribution in [2.24, 2.45) is 0 Å². The fourth-order valence-electron chi connectivity index (χ4n) is 2.37. The molecular weight excluding hydrogens is 340 g/mol. The van der Waals surface area contributed by atoms with Crippen molar-refractivity contribution < 1.29 is 0 Å². The van der Waals surface area contributed by atoms with Gasteiger partial charge in [0.2, 0.25) is 0 Å². The van der Waals surface area contributed by atoms with Gasteiger partial charge in [0.25, 0.3) is 0 Å². The average Bonchev–Trinajstić information content (AvgIpc) is 2.68. The highest BCUT2D eigenvalue weighted by atomic mass is 15.5. The zero-order valence-corrected chi connectivity index (χ0v) is 16.4. The second kappa shape index (κ2) is 13.7. The topological polar surface area (TPSA) is 15.3 Å². The predicted octanol–water partition coefficient (Wildman–Crippen LogP) is 6.17. The molecule has 0 unspecified atom stereocenters. The number of rotatable bonds is 4. The molecule has 0 atom stereocenters. The van der Waals surface area contributed by atoms with Gasteiger partial charge in [0.1, 0.15) is 0 Å². The minimum atomic E-state index is 0.816. The molecule has 0 aromatic carbocycles.